The molecule has 0 unspecified atom stereocenters. The Labute approximate surface area is 245 Å². The van der Waals surface area contributed by atoms with Crippen molar-refractivity contribution in [3.05, 3.63) is 93.3 Å². The third-order valence-electron chi connectivity index (χ3n) is 7.09. The highest BCUT2D eigenvalue weighted by atomic mass is 35.5. The Morgan fingerprint density at radius 2 is 1.75 bits per heavy atom. The number of rotatable bonds is 7. The molecule has 3 aromatic carbocycles. The zero-order chi connectivity index (χ0) is 28.6. The van der Waals surface area contributed by atoms with E-state index in [1.165, 1.54) is 13.2 Å². The molecule has 0 saturated heterocycles. The Morgan fingerprint density at radius 3 is 2.40 bits per heavy atom. The van der Waals surface area contributed by atoms with E-state index >= 15 is 4.39 Å². The molecular formula is C30H25Cl2FN2O4S. The number of ether oxygens (including phenoxy) is 2. The van der Waals surface area contributed by atoms with Crippen LogP contribution in [-0.2, 0) is 19.7 Å². The number of hydrogen-bond donors (Lipinski definition) is 1. The van der Waals surface area contributed by atoms with Crippen LogP contribution in [0.1, 0.15) is 42.7 Å². The summed E-state index contributed by atoms with van der Waals surface area (Å²) in [6, 6.07) is 17.2. The van der Waals surface area contributed by atoms with Crippen LogP contribution in [0.3, 0.4) is 0 Å². The molecule has 1 saturated carbocycles. The van der Waals surface area contributed by atoms with Gasteiger partial charge in [0.05, 0.1) is 33.8 Å². The predicted octanol–water partition coefficient (Wildman–Crippen LogP) is 8.75. The zero-order valence-corrected chi connectivity index (χ0v) is 24.2. The molecule has 1 aromatic heterocycles. The van der Waals surface area contributed by atoms with Crippen LogP contribution in [0, 0.1) is 12.7 Å². The smallest absolute Gasteiger partial charge is 0.412 e. The summed E-state index contributed by atoms with van der Waals surface area (Å²) >= 11 is 14.0. The van der Waals surface area contributed by atoms with Crippen LogP contribution in [0.25, 0.3) is 21.6 Å². The first kappa shape index (κ1) is 28.1. The molecule has 4 aromatic rings. The van der Waals surface area contributed by atoms with Crippen molar-refractivity contribution < 1.29 is 23.5 Å². The first-order valence-electron chi connectivity index (χ1n) is 12.5. The lowest BCUT2D eigenvalue weighted by atomic mass is 9.93. The molecule has 1 fully saturated rings. The van der Waals surface area contributed by atoms with Crippen molar-refractivity contribution >= 4 is 52.5 Å². The maximum absolute atomic E-state index is 15.5. The first-order valence-corrected chi connectivity index (χ1v) is 14.0. The number of esters is 1. The summed E-state index contributed by atoms with van der Waals surface area (Å²) in [4.78, 5) is 25.5. The van der Waals surface area contributed by atoms with E-state index in [0.717, 1.165) is 29.9 Å². The van der Waals surface area contributed by atoms with Crippen molar-refractivity contribution in [3.8, 4) is 21.6 Å². The number of benzene rings is 3. The van der Waals surface area contributed by atoms with E-state index in [9.17, 15) is 9.59 Å². The second kappa shape index (κ2) is 11.2. The number of aromatic nitrogens is 1. The molecule has 206 valence electrons. The summed E-state index contributed by atoms with van der Waals surface area (Å²) in [5, 5.41) is 3.52. The fourth-order valence-electron chi connectivity index (χ4n) is 4.70. The van der Waals surface area contributed by atoms with Crippen LogP contribution >= 0.6 is 34.7 Å². The molecule has 0 radical (unpaired) electrons. The number of aryl methyl sites for hydroxylation is 1. The number of hydrogen-bond acceptors (Lipinski definition) is 6. The molecule has 1 aliphatic rings. The van der Waals surface area contributed by atoms with Gasteiger partial charge in [0.15, 0.2) is 0 Å². The lowest BCUT2D eigenvalue weighted by molar-refractivity contribution is -0.143. The van der Waals surface area contributed by atoms with Crippen molar-refractivity contribution in [2.24, 2.45) is 0 Å². The Kier molecular flexibility index (Phi) is 7.86. The Hall–Kier alpha value is -3.46. The summed E-state index contributed by atoms with van der Waals surface area (Å²) < 4.78 is 30.3. The average molecular weight is 600 g/mol. The first-order chi connectivity index (χ1) is 19.1. The van der Waals surface area contributed by atoms with E-state index in [1.54, 1.807) is 50.2 Å². The highest BCUT2D eigenvalue weighted by Crippen LogP contribution is 2.49. The van der Waals surface area contributed by atoms with Crippen LogP contribution in [0.15, 0.2) is 60.7 Å². The van der Waals surface area contributed by atoms with E-state index in [4.69, 9.17) is 32.7 Å². The number of carbonyl (C=O) groups is 2. The van der Waals surface area contributed by atoms with Crippen LogP contribution in [0.4, 0.5) is 14.9 Å². The normalized spacial score (nSPS) is 14.3. The summed E-state index contributed by atoms with van der Waals surface area (Å²) in [7, 11) is 1.38. The largest absolute Gasteiger partial charge is 0.468 e. The standard InChI is InChI=1S/C30H25Cl2FN2O4S/c1-16-26(34-29(37)39-17(2)20-6-4-5-7-23(20)31)27(40-35-16)22-15-25(33)21(14-24(22)32)18-8-10-19(11-9-18)30(12-13-30)28(36)38-3/h4-11,14-15,17H,12-13H2,1-3H3,(H,34,37)/t17-/m1/s1. The maximum Gasteiger partial charge on any atom is 0.412 e. The van der Waals surface area contributed by atoms with Gasteiger partial charge in [0, 0.05) is 21.7 Å². The lowest BCUT2D eigenvalue weighted by Gasteiger charge is -2.16. The van der Waals surface area contributed by atoms with E-state index in [0.29, 0.717) is 48.6 Å². The van der Waals surface area contributed by atoms with Gasteiger partial charge in [-0.1, -0.05) is 65.7 Å². The van der Waals surface area contributed by atoms with Gasteiger partial charge in [-0.3, -0.25) is 10.1 Å². The fourth-order valence-corrected chi connectivity index (χ4v) is 6.18. The van der Waals surface area contributed by atoms with Crippen molar-refractivity contribution in [3.63, 3.8) is 0 Å². The number of amides is 1. The van der Waals surface area contributed by atoms with Gasteiger partial charge >= 0.3 is 12.1 Å². The van der Waals surface area contributed by atoms with Crippen LogP contribution < -0.4 is 5.32 Å². The monoisotopic (exact) mass is 598 g/mol. The predicted molar refractivity (Wildman–Crippen MR) is 156 cm³/mol. The quantitative estimate of drug-likeness (QED) is 0.215. The molecule has 40 heavy (non-hydrogen) atoms. The molecule has 1 amide bonds. The van der Waals surface area contributed by atoms with E-state index < -0.39 is 23.4 Å². The molecule has 6 nitrogen and oxygen atoms in total. The minimum atomic E-state index is -0.703. The molecule has 1 heterocycles. The number of nitrogens with zero attached hydrogens (tertiary/aromatic N) is 1. The molecule has 1 N–H and O–H groups in total. The number of anilines is 1. The second-order valence-electron chi connectivity index (χ2n) is 9.63. The third-order valence-corrected chi connectivity index (χ3v) is 8.72. The SMILES string of the molecule is COC(=O)C1(c2ccc(-c3cc(Cl)c(-c4snc(C)c4NC(=O)O[C@H](C)c4ccccc4Cl)cc3F)cc2)CC1. The van der Waals surface area contributed by atoms with Crippen molar-refractivity contribution in [1.82, 2.24) is 4.37 Å². The summed E-state index contributed by atoms with van der Waals surface area (Å²) in [6.45, 7) is 3.45. The van der Waals surface area contributed by atoms with Gasteiger partial charge in [-0.2, -0.15) is 4.37 Å². The van der Waals surface area contributed by atoms with Crippen LogP contribution in [0.5, 0.6) is 0 Å². The second-order valence-corrected chi connectivity index (χ2v) is 11.2. The van der Waals surface area contributed by atoms with E-state index in [2.05, 4.69) is 9.69 Å². The molecular weight excluding hydrogens is 574 g/mol. The molecule has 1 atom stereocenters. The number of carbonyl (C=O) groups excluding carboxylic acids is 2. The molecule has 0 bridgehead atoms. The van der Waals surface area contributed by atoms with Crippen molar-refractivity contribution in [2.45, 2.75) is 38.2 Å². The van der Waals surface area contributed by atoms with Crippen molar-refractivity contribution in [2.75, 3.05) is 12.4 Å². The molecule has 5 rings (SSSR count). The number of methoxy groups -OCH3 is 1. The lowest BCUT2D eigenvalue weighted by Crippen LogP contribution is -2.21. The summed E-state index contributed by atoms with van der Waals surface area (Å²) in [6.07, 6.45) is 0.152. The Bertz CT molecular complexity index is 1600. The van der Waals surface area contributed by atoms with E-state index in [-0.39, 0.29) is 5.97 Å². The minimum absolute atomic E-state index is 0.259. The van der Waals surface area contributed by atoms with Gasteiger partial charge in [-0.15, -0.1) is 0 Å². The Morgan fingerprint density at radius 1 is 1.05 bits per heavy atom. The van der Waals surface area contributed by atoms with Crippen LogP contribution in [0.2, 0.25) is 10.0 Å². The maximum atomic E-state index is 15.5. The van der Waals surface area contributed by atoms with Crippen molar-refractivity contribution in [1.29, 1.82) is 0 Å². The summed E-state index contributed by atoms with van der Waals surface area (Å²) in [5.74, 6) is -0.751. The highest BCUT2D eigenvalue weighted by Gasteiger charge is 2.52. The molecule has 0 aliphatic heterocycles. The Balaban J connectivity index is 1.38. The zero-order valence-electron chi connectivity index (χ0n) is 21.9. The minimum Gasteiger partial charge on any atom is -0.468 e. The summed E-state index contributed by atoms with van der Waals surface area (Å²) in [5.41, 5.74) is 3.16. The molecule has 1 aliphatic carbocycles. The van der Waals surface area contributed by atoms with Gasteiger partial charge in [-0.25, -0.2) is 9.18 Å². The highest BCUT2D eigenvalue weighted by molar-refractivity contribution is 7.10. The van der Waals surface area contributed by atoms with E-state index in [1.807, 2.05) is 18.2 Å². The number of halogens is 3. The van der Waals surface area contributed by atoms with Gasteiger partial charge in [0.25, 0.3) is 0 Å². The van der Waals surface area contributed by atoms with Crippen LogP contribution in [-0.4, -0.2) is 23.5 Å². The molecule has 10 heteroatoms. The molecule has 0 spiro atoms. The average Bonchev–Trinajstić information content (AvgIpc) is 3.68. The topological polar surface area (TPSA) is 77.5 Å². The number of nitrogens with one attached hydrogen (secondary N) is 1. The van der Waals surface area contributed by atoms with Gasteiger partial charge in [0.1, 0.15) is 11.9 Å². The third kappa shape index (κ3) is 5.31. The fraction of sp³-hybridized carbons (Fsp3) is 0.233. The van der Waals surface area contributed by atoms with Gasteiger partial charge in [0.2, 0.25) is 0 Å². The van der Waals surface area contributed by atoms with Gasteiger partial charge < -0.3 is 9.47 Å². The van der Waals surface area contributed by atoms with Gasteiger partial charge in [-0.05, 0) is 67.5 Å².